The van der Waals surface area contributed by atoms with Crippen molar-refractivity contribution >= 4 is 5.91 Å². The second-order valence-corrected chi connectivity index (χ2v) is 17.2. The van der Waals surface area contributed by atoms with Crippen molar-refractivity contribution < 1.29 is 15.0 Å². The molecule has 0 aliphatic heterocycles. The van der Waals surface area contributed by atoms with Gasteiger partial charge in [-0.1, -0.05) is 250 Å². The van der Waals surface area contributed by atoms with Crippen molar-refractivity contribution in [3.05, 3.63) is 24.3 Å². The number of carbonyl (C=O) groups is 1. The van der Waals surface area contributed by atoms with E-state index in [1.807, 2.05) is 0 Å². The van der Waals surface area contributed by atoms with E-state index in [-0.39, 0.29) is 12.5 Å². The molecule has 326 valence electrons. The number of hydrogen-bond donors (Lipinski definition) is 3. The lowest BCUT2D eigenvalue weighted by Crippen LogP contribution is -2.45. The van der Waals surface area contributed by atoms with Crippen LogP contribution in [0.3, 0.4) is 0 Å². The zero-order valence-electron chi connectivity index (χ0n) is 37.5. The molecule has 2 atom stereocenters. The molecule has 0 aliphatic rings. The Kier molecular flexibility index (Phi) is 46.3. The van der Waals surface area contributed by atoms with Crippen LogP contribution < -0.4 is 5.32 Å². The smallest absolute Gasteiger partial charge is 0.220 e. The van der Waals surface area contributed by atoms with Gasteiger partial charge in [0.2, 0.25) is 5.91 Å². The number of aliphatic hydroxyl groups excluding tert-OH is 2. The minimum absolute atomic E-state index is 0.0298. The summed E-state index contributed by atoms with van der Waals surface area (Å²) in [5, 5.41) is 23.1. The van der Waals surface area contributed by atoms with Crippen LogP contribution in [0.5, 0.6) is 0 Å². The minimum Gasteiger partial charge on any atom is -0.394 e. The maximum Gasteiger partial charge on any atom is 0.220 e. The monoisotopic (exact) mass is 774 g/mol. The molecule has 0 aliphatic carbocycles. The van der Waals surface area contributed by atoms with Crippen molar-refractivity contribution in [2.75, 3.05) is 6.61 Å². The molecule has 0 heterocycles. The Balaban J connectivity index is 3.39. The van der Waals surface area contributed by atoms with Gasteiger partial charge >= 0.3 is 0 Å². The predicted molar refractivity (Wildman–Crippen MR) is 244 cm³/mol. The normalized spacial score (nSPS) is 13.0. The highest BCUT2D eigenvalue weighted by atomic mass is 16.3. The molecule has 55 heavy (non-hydrogen) atoms. The summed E-state index contributed by atoms with van der Waals surface area (Å²) >= 11 is 0. The summed E-state index contributed by atoms with van der Waals surface area (Å²) < 4.78 is 0. The van der Waals surface area contributed by atoms with Gasteiger partial charge in [-0.25, -0.2) is 0 Å². The van der Waals surface area contributed by atoms with Crippen LogP contribution in [0.2, 0.25) is 0 Å². The summed E-state index contributed by atoms with van der Waals surface area (Å²) in [5.74, 6) is -0.0298. The van der Waals surface area contributed by atoms with E-state index in [1.165, 1.54) is 218 Å². The van der Waals surface area contributed by atoms with Crippen molar-refractivity contribution in [3.8, 4) is 0 Å². The van der Waals surface area contributed by atoms with E-state index < -0.39 is 12.1 Å². The molecule has 0 saturated heterocycles. The maximum absolute atomic E-state index is 12.4. The average molecular weight is 774 g/mol. The number of unbranched alkanes of at least 4 members (excludes halogenated alkanes) is 35. The predicted octanol–water partition coefficient (Wildman–Crippen LogP) is 16.0. The standard InChI is InChI=1S/C51H99NO3/c1-3-5-7-9-11-13-15-16-17-18-19-20-21-22-23-24-25-26-27-28-29-30-31-32-33-34-35-36-37-39-41-43-45-47-51(55)52-49(48-53)50(54)46-44-42-40-38-14-12-10-8-6-4-2/h19-20,22-23,49-50,53-54H,3-18,21,24-48H2,1-2H3,(H,52,55)/b20-19-,23-22-. The molecule has 0 saturated carbocycles. The molecule has 0 radical (unpaired) electrons. The second-order valence-electron chi connectivity index (χ2n) is 17.2. The Morgan fingerprint density at radius 1 is 0.436 bits per heavy atom. The number of amides is 1. The van der Waals surface area contributed by atoms with E-state index in [4.69, 9.17) is 0 Å². The van der Waals surface area contributed by atoms with Crippen molar-refractivity contribution in [3.63, 3.8) is 0 Å². The highest BCUT2D eigenvalue weighted by Gasteiger charge is 2.20. The number of carbonyl (C=O) groups excluding carboxylic acids is 1. The van der Waals surface area contributed by atoms with Crippen molar-refractivity contribution in [1.29, 1.82) is 0 Å². The van der Waals surface area contributed by atoms with Gasteiger partial charge < -0.3 is 15.5 Å². The number of nitrogens with one attached hydrogen (secondary N) is 1. The van der Waals surface area contributed by atoms with E-state index in [9.17, 15) is 15.0 Å². The number of hydrogen-bond acceptors (Lipinski definition) is 3. The topological polar surface area (TPSA) is 69.6 Å². The van der Waals surface area contributed by atoms with Crippen LogP contribution in [-0.2, 0) is 4.79 Å². The molecule has 0 aromatic carbocycles. The second kappa shape index (κ2) is 47.2. The lowest BCUT2D eigenvalue weighted by Gasteiger charge is -2.22. The van der Waals surface area contributed by atoms with Crippen molar-refractivity contribution in [2.45, 2.75) is 289 Å². The molecule has 1 amide bonds. The Labute approximate surface area is 345 Å². The van der Waals surface area contributed by atoms with Crippen LogP contribution in [0, 0.1) is 0 Å². The quantitative estimate of drug-likeness (QED) is 0.0426. The molecule has 0 spiro atoms. The van der Waals surface area contributed by atoms with Crippen LogP contribution >= 0.6 is 0 Å². The van der Waals surface area contributed by atoms with Gasteiger partial charge in [0.15, 0.2) is 0 Å². The third kappa shape index (κ3) is 43.8. The highest BCUT2D eigenvalue weighted by Crippen LogP contribution is 2.16. The van der Waals surface area contributed by atoms with Crippen LogP contribution in [0.25, 0.3) is 0 Å². The van der Waals surface area contributed by atoms with Crippen LogP contribution in [-0.4, -0.2) is 34.9 Å². The summed E-state index contributed by atoms with van der Waals surface area (Å²) in [6, 6.07) is -0.532. The van der Waals surface area contributed by atoms with Crippen LogP contribution in [0.1, 0.15) is 277 Å². The molecular formula is C51H99NO3. The van der Waals surface area contributed by atoms with Gasteiger partial charge in [0, 0.05) is 6.42 Å². The first kappa shape index (κ1) is 53.9. The van der Waals surface area contributed by atoms with E-state index in [0.29, 0.717) is 12.8 Å². The summed E-state index contributed by atoms with van der Waals surface area (Å²) in [6.45, 7) is 4.36. The Morgan fingerprint density at radius 3 is 1.09 bits per heavy atom. The average Bonchev–Trinajstić information content (AvgIpc) is 3.19. The molecule has 0 fully saturated rings. The van der Waals surface area contributed by atoms with E-state index in [0.717, 1.165) is 32.1 Å². The van der Waals surface area contributed by atoms with Gasteiger partial charge in [-0.15, -0.1) is 0 Å². The SMILES string of the molecule is CCCCCCCCCCC/C=C\C/C=C\CCCCCCCCCCCCCCCCCCCC(=O)NC(CO)C(O)CCCCCCCCCCCC. The highest BCUT2D eigenvalue weighted by molar-refractivity contribution is 5.76. The van der Waals surface area contributed by atoms with E-state index in [2.05, 4.69) is 43.5 Å². The molecule has 3 N–H and O–H groups in total. The Hall–Kier alpha value is -1.13. The molecule has 0 rings (SSSR count). The fourth-order valence-electron chi connectivity index (χ4n) is 7.86. The van der Waals surface area contributed by atoms with Gasteiger partial charge in [0.1, 0.15) is 0 Å². The van der Waals surface area contributed by atoms with Gasteiger partial charge in [0.05, 0.1) is 18.8 Å². The summed E-state index contributed by atoms with van der Waals surface area (Å²) in [7, 11) is 0. The lowest BCUT2D eigenvalue weighted by atomic mass is 10.0. The minimum atomic E-state index is -0.655. The number of allylic oxidation sites excluding steroid dienone is 4. The fourth-order valence-corrected chi connectivity index (χ4v) is 7.86. The summed E-state index contributed by atoms with van der Waals surface area (Å²) in [5.41, 5.74) is 0. The summed E-state index contributed by atoms with van der Waals surface area (Å²) in [6.07, 6.45) is 61.5. The van der Waals surface area contributed by atoms with Gasteiger partial charge in [-0.3, -0.25) is 4.79 Å². The first-order valence-corrected chi connectivity index (χ1v) is 25.0. The summed E-state index contributed by atoms with van der Waals surface area (Å²) in [4.78, 5) is 12.4. The van der Waals surface area contributed by atoms with Gasteiger partial charge in [-0.05, 0) is 44.9 Å². The molecule has 4 heteroatoms. The lowest BCUT2D eigenvalue weighted by molar-refractivity contribution is -0.123. The third-order valence-corrected chi connectivity index (χ3v) is 11.7. The van der Waals surface area contributed by atoms with Crippen LogP contribution in [0.4, 0.5) is 0 Å². The van der Waals surface area contributed by atoms with Crippen molar-refractivity contribution in [2.24, 2.45) is 0 Å². The van der Waals surface area contributed by atoms with E-state index in [1.54, 1.807) is 0 Å². The first-order valence-electron chi connectivity index (χ1n) is 25.0. The van der Waals surface area contributed by atoms with Crippen LogP contribution in [0.15, 0.2) is 24.3 Å². The zero-order valence-corrected chi connectivity index (χ0v) is 37.5. The largest absolute Gasteiger partial charge is 0.394 e. The third-order valence-electron chi connectivity index (χ3n) is 11.7. The number of rotatable bonds is 46. The Bertz CT molecular complexity index is 795. The molecular weight excluding hydrogens is 675 g/mol. The molecule has 0 bridgehead atoms. The Morgan fingerprint density at radius 2 is 0.745 bits per heavy atom. The molecule has 0 aromatic rings. The number of aliphatic hydroxyl groups is 2. The van der Waals surface area contributed by atoms with Gasteiger partial charge in [-0.2, -0.15) is 0 Å². The van der Waals surface area contributed by atoms with Gasteiger partial charge in [0.25, 0.3) is 0 Å². The first-order chi connectivity index (χ1) is 27.2. The molecule has 2 unspecified atom stereocenters. The molecule has 0 aromatic heterocycles. The zero-order chi connectivity index (χ0) is 40.0. The van der Waals surface area contributed by atoms with Crippen molar-refractivity contribution in [1.82, 2.24) is 5.32 Å². The molecule has 4 nitrogen and oxygen atoms in total. The van der Waals surface area contributed by atoms with E-state index >= 15 is 0 Å². The fraction of sp³-hybridized carbons (Fsp3) is 0.902. The maximum atomic E-state index is 12.4.